The van der Waals surface area contributed by atoms with Gasteiger partial charge in [-0.05, 0) is 42.0 Å². The molecule has 1 amide bonds. The van der Waals surface area contributed by atoms with Gasteiger partial charge in [-0.3, -0.25) is 19.9 Å². The van der Waals surface area contributed by atoms with Gasteiger partial charge in [0.15, 0.2) is 0 Å². The Bertz CT molecular complexity index is 1810. The van der Waals surface area contributed by atoms with Gasteiger partial charge in [-0.2, -0.15) is 0 Å². The highest BCUT2D eigenvalue weighted by molar-refractivity contribution is 7.20. The summed E-state index contributed by atoms with van der Waals surface area (Å²) in [6, 6.07) is 19.6. The van der Waals surface area contributed by atoms with Gasteiger partial charge in [0.2, 0.25) is 0 Å². The molecule has 6 aromatic rings. The number of aromatic nitrogens is 5. The summed E-state index contributed by atoms with van der Waals surface area (Å²) in [6.07, 6.45) is 9.34. The van der Waals surface area contributed by atoms with E-state index in [9.17, 15) is 14.9 Å². The van der Waals surface area contributed by atoms with Gasteiger partial charge in [-0.25, -0.2) is 9.97 Å². The van der Waals surface area contributed by atoms with Crippen molar-refractivity contribution in [3.8, 4) is 16.9 Å². The number of nitrogens with one attached hydrogen (secondary N) is 1. The van der Waals surface area contributed by atoms with Gasteiger partial charge in [0.25, 0.3) is 11.6 Å². The zero-order valence-corrected chi connectivity index (χ0v) is 22.2. The molecule has 4 heterocycles. The number of hydrogen-bond acceptors (Lipinski definition) is 7. The van der Waals surface area contributed by atoms with Crippen molar-refractivity contribution < 1.29 is 9.72 Å². The van der Waals surface area contributed by atoms with Crippen LogP contribution in [0.4, 0.5) is 5.69 Å². The predicted molar refractivity (Wildman–Crippen MR) is 152 cm³/mol. The van der Waals surface area contributed by atoms with Crippen LogP contribution in [-0.2, 0) is 13.5 Å². The average molecular weight is 550 g/mol. The first-order chi connectivity index (χ1) is 19.5. The number of pyridine rings is 1. The molecule has 0 aliphatic carbocycles. The quantitative estimate of drug-likeness (QED) is 0.198. The van der Waals surface area contributed by atoms with Crippen molar-refractivity contribution >= 4 is 33.0 Å². The Hall–Kier alpha value is -5.16. The summed E-state index contributed by atoms with van der Waals surface area (Å²) >= 11 is 1.29. The SMILES string of the molecule is Cn1c(-c2ccc(-n3ccnc3)cc2)cnc1C(Cc1ccccn1)NC(=O)c1cc2cc([N+](=O)[O-])ccc2s1. The number of benzene rings is 2. The number of nitrogens with zero attached hydrogens (tertiary/aromatic N) is 6. The van der Waals surface area contributed by atoms with Crippen LogP contribution in [0, 0.1) is 10.1 Å². The number of nitro groups is 1. The summed E-state index contributed by atoms with van der Waals surface area (Å²) in [5.41, 5.74) is 3.69. The van der Waals surface area contributed by atoms with E-state index in [2.05, 4.69) is 15.3 Å². The monoisotopic (exact) mass is 549 g/mol. The zero-order chi connectivity index (χ0) is 27.6. The van der Waals surface area contributed by atoms with Gasteiger partial charge in [0.05, 0.1) is 34.1 Å². The molecule has 0 aliphatic heterocycles. The fraction of sp³-hybridized carbons (Fsp3) is 0.103. The van der Waals surface area contributed by atoms with Gasteiger partial charge < -0.3 is 14.5 Å². The predicted octanol–water partition coefficient (Wildman–Crippen LogP) is 5.50. The largest absolute Gasteiger partial charge is 0.341 e. The molecule has 40 heavy (non-hydrogen) atoms. The molecular weight excluding hydrogens is 526 g/mol. The summed E-state index contributed by atoms with van der Waals surface area (Å²) < 4.78 is 4.72. The van der Waals surface area contributed by atoms with Crippen molar-refractivity contribution in [3.05, 3.63) is 124 Å². The molecule has 1 unspecified atom stereocenters. The van der Waals surface area contributed by atoms with Crippen LogP contribution in [0.3, 0.4) is 0 Å². The fourth-order valence-corrected chi connectivity index (χ4v) is 5.60. The molecule has 0 radical (unpaired) electrons. The molecule has 4 aromatic heterocycles. The Morgan fingerprint density at radius 3 is 2.65 bits per heavy atom. The van der Waals surface area contributed by atoms with E-state index in [0.29, 0.717) is 22.5 Å². The second-order valence-corrected chi connectivity index (χ2v) is 10.3. The lowest BCUT2D eigenvalue weighted by Gasteiger charge is -2.19. The smallest absolute Gasteiger partial charge is 0.270 e. The highest BCUT2D eigenvalue weighted by Crippen LogP contribution is 2.30. The lowest BCUT2D eigenvalue weighted by molar-refractivity contribution is -0.384. The molecule has 1 N–H and O–H groups in total. The van der Waals surface area contributed by atoms with Crippen LogP contribution in [0.1, 0.15) is 27.2 Å². The average Bonchev–Trinajstić information content (AvgIpc) is 3.73. The maximum Gasteiger partial charge on any atom is 0.270 e. The Labute approximate surface area is 232 Å². The molecule has 0 saturated heterocycles. The standard InChI is InChI=1S/C29H23N7O3S/c1-34-25(19-5-7-22(8-6-19)35-13-12-30-18-35)17-32-28(34)24(16-21-4-2-3-11-31-21)33-29(37)27-15-20-14-23(36(38)39)9-10-26(20)40-27/h2-15,17-18,24H,16H2,1H3,(H,33,37). The van der Waals surface area contributed by atoms with Crippen LogP contribution in [0.2, 0.25) is 0 Å². The number of nitro benzene ring substituents is 1. The zero-order valence-electron chi connectivity index (χ0n) is 21.3. The fourth-order valence-electron chi connectivity index (χ4n) is 4.65. The summed E-state index contributed by atoms with van der Waals surface area (Å²) in [6.45, 7) is 0. The van der Waals surface area contributed by atoms with Crippen molar-refractivity contribution in [2.45, 2.75) is 12.5 Å². The van der Waals surface area contributed by atoms with Crippen LogP contribution >= 0.6 is 11.3 Å². The number of amides is 1. The molecule has 10 nitrogen and oxygen atoms in total. The van der Waals surface area contributed by atoms with E-state index in [1.807, 2.05) is 64.8 Å². The molecule has 1 atom stereocenters. The number of fused-ring (bicyclic) bond motifs is 1. The minimum absolute atomic E-state index is 0.0103. The van der Waals surface area contributed by atoms with Gasteiger partial charge in [-0.15, -0.1) is 11.3 Å². The number of imidazole rings is 2. The topological polar surface area (TPSA) is 121 Å². The molecule has 198 valence electrons. The number of carbonyl (C=O) groups excluding carboxylic acids is 1. The molecule has 0 spiro atoms. The second kappa shape index (κ2) is 10.5. The molecular formula is C29H23N7O3S. The maximum absolute atomic E-state index is 13.4. The van der Waals surface area contributed by atoms with Gasteiger partial charge in [0, 0.05) is 65.7 Å². The Morgan fingerprint density at radius 1 is 1.07 bits per heavy atom. The Morgan fingerprint density at radius 2 is 1.93 bits per heavy atom. The van der Waals surface area contributed by atoms with Crippen molar-refractivity contribution in [1.82, 2.24) is 29.4 Å². The molecule has 0 saturated carbocycles. The van der Waals surface area contributed by atoms with E-state index in [0.717, 1.165) is 27.3 Å². The lowest BCUT2D eigenvalue weighted by Crippen LogP contribution is -2.31. The number of carbonyl (C=O) groups is 1. The van der Waals surface area contributed by atoms with E-state index in [-0.39, 0.29) is 11.6 Å². The van der Waals surface area contributed by atoms with Crippen molar-refractivity contribution in [2.75, 3.05) is 0 Å². The molecule has 11 heteroatoms. The van der Waals surface area contributed by atoms with Gasteiger partial charge in [-0.1, -0.05) is 18.2 Å². The normalized spacial score (nSPS) is 11.9. The summed E-state index contributed by atoms with van der Waals surface area (Å²) in [4.78, 5) is 37.9. The van der Waals surface area contributed by atoms with E-state index < -0.39 is 11.0 Å². The highest BCUT2D eigenvalue weighted by atomic mass is 32.1. The van der Waals surface area contributed by atoms with Gasteiger partial charge in [0.1, 0.15) is 5.82 Å². The minimum Gasteiger partial charge on any atom is -0.341 e. The first-order valence-corrected chi connectivity index (χ1v) is 13.3. The van der Waals surface area contributed by atoms with Crippen LogP contribution < -0.4 is 5.32 Å². The molecule has 0 bridgehead atoms. The lowest BCUT2D eigenvalue weighted by atomic mass is 10.1. The number of rotatable bonds is 8. The summed E-state index contributed by atoms with van der Waals surface area (Å²) in [5, 5.41) is 15.0. The summed E-state index contributed by atoms with van der Waals surface area (Å²) in [5.74, 6) is 0.406. The molecule has 2 aromatic carbocycles. The van der Waals surface area contributed by atoms with E-state index in [1.54, 1.807) is 37.1 Å². The third-order valence-corrected chi connectivity index (χ3v) is 7.80. The second-order valence-electron chi connectivity index (χ2n) is 9.22. The van der Waals surface area contributed by atoms with E-state index in [4.69, 9.17) is 4.98 Å². The van der Waals surface area contributed by atoms with Crippen molar-refractivity contribution in [3.63, 3.8) is 0 Å². The van der Waals surface area contributed by atoms with Crippen LogP contribution in [-0.4, -0.2) is 34.9 Å². The van der Waals surface area contributed by atoms with Crippen LogP contribution in [0.25, 0.3) is 27.0 Å². The van der Waals surface area contributed by atoms with Crippen molar-refractivity contribution in [2.24, 2.45) is 7.05 Å². The van der Waals surface area contributed by atoms with Crippen LogP contribution in [0.15, 0.2) is 97.8 Å². The molecule has 6 rings (SSSR count). The maximum atomic E-state index is 13.4. The minimum atomic E-state index is -0.467. The third kappa shape index (κ3) is 4.97. The van der Waals surface area contributed by atoms with Gasteiger partial charge >= 0.3 is 0 Å². The van der Waals surface area contributed by atoms with E-state index in [1.165, 1.54) is 23.5 Å². The number of hydrogen-bond donors (Lipinski definition) is 1. The number of thiophene rings is 1. The Kier molecular flexibility index (Phi) is 6.62. The first kappa shape index (κ1) is 25.1. The highest BCUT2D eigenvalue weighted by Gasteiger charge is 2.24. The van der Waals surface area contributed by atoms with Crippen LogP contribution in [0.5, 0.6) is 0 Å². The Balaban J connectivity index is 1.30. The first-order valence-electron chi connectivity index (χ1n) is 12.5. The molecule has 0 aliphatic rings. The number of non-ortho nitro benzene ring substituents is 1. The third-order valence-electron chi connectivity index (χ3n) is 6.68. The van der Waals surface area contributed by atoms with Crippen molar-refractivity contribution in [1.29, 1.82) is 0 Å². The summed E-state index contributed by atoms with van der Waals surface area (Å²) in [7, 11) is 1.93. The molecule has 0 fully saturated rings. The van der Waals surface area contributed by atoms with E-state index >= 15 is 0 Å².